The number of rotatable bonds is 4. The first-order chi connectivity index (χ1) is 13.2. The summed E-state index contributed by atoms with van der Waals surface area (Å²) in [6.07, 6.45) is 2.56. The first-order valence-electron chi connectivity index (χ1n) is 8.82. The van der Waals surface area contributed by atoms with E-state index in [-0.39, 0.29) is 18.3 Å². The predicted octanol–water partition coefficient (Wildman–Crippen LogP) is 2.50. The Bertz CT molecular complexity index is 946. The van der Waals surface area contributed by atoms with E-state index >= 15 is 0 Å². The third-order valence-electron chi connectivity index (χ3n) is 4.73. The fourth-order valence-electron chi connectivity index (χ4n) is 3.28. The van der Waals surface area contributed by atoms with E-state index in [1.807, 2.05) is 41.3 Å². The van der Waals surface area contributed by atoms with Gasteiger partial charge in [-0.05, 0) is 35.2 Å². The summed E-state index contributed by atoms with van der Waals surface area (Å²) in [4.78, 5) is 14.4. The van der Waals surface area contributed by atoms with Gasteiger partial charge in [-0.15, -0.1) is 0 Å². The van der Waals surface area contributed by atoms with Crippen molar-refractivity contribution in [3.63, 3.8) is 0 Å². The third kappa shape index (κ3) is 3.72. The van der Waals surface area contributed by atoms with Crippen LogP contribution >= 0.6 is 0 Å². The number of amides is 1. The molecule has 0 saturated heterocycles. The monoisotopic (exact) mass is 361 g/mol. The van der Waals surface area contributed by atoms with Crippen molar-refractivity contribution in [1.82, 2.24) is 10.2 Å². The van der Waals surface area contributed by atoms with Crippen molar-refractivity contribution in [2.45, 2.75) is 19.5 Å². The van der Waals surface area contributed by atoms with E-state index in [1.165, 1.54) is 11.1 Å². The summed E-state index contributed by atoms with van der Waals surface area (Å²) < 4.78 is 10.6. The molecule has 1 amide bonds. The highest BCUT2D eigenvalue weighted by molar-refractivity contribution is 5.97. The quantitative estimate of drug-likeness (QED) is 0.669. The molecule has 136 valence electrons. The molecule has 0 aromatic heterocycles. The average molecular weight is 361 g/mol. The number of hydrogen-bond donors (Lipinski definition) is 1. The van der Waals surface area contributed by atoms with Gasteiger partial charge in [0.05, 0.1) is 0 Å². The number of benzene rings is 2. The topological polar surface area (TPSA) is 74.6 Å². The summed E-state index contributed by atoms with van der Waals surface area (Å²) in [5, 5.41) is 12.2. The molecule has 0 spiro atoms. The van der Waals surface area contributed by atoms with Gasteiger partial charge >= 0.3 is 0 Å². The second-order valence-electron chi connectivity index (χ2n) is 6.51. The van der Waals surface area contributed by atoms with Crippen LogP contribution in [0.3, 0.4) is 0 Å². The third-order valence-corrected chi connectivity index (χ3v) is 4.73. The Morgan fingerprint density at radius 2 is 2.00 bits per heavy atom. The maximum atomic E-state index is 12.4. The van der Waals surface area contributed by atoms with Gasteiger partial charge in [-0.3, -0.25) is 4.79 Å². The Morgan fingerprint density at radius 1 is 1.19 bits per heavy atom. The summed E-state index contributed by atoms with van der Waals surface area (Å²) in [6, 6.07) is 15.8. The van der Waals surface area contributed by atoms with Crippen LogP contribution in [0.15, 0.2) is 54.2 Å². The molecule has 0 saturated carbocycles. The molecular formula is C21H19N3O3. The van der Waals surface area contributed by atoms with Crippen LogP contribution in [0.25, 0.3) is 0 Å². The molecule has 6 heteroatoms. The molecule has 27 heavy (non-hydrogen) atoms. The molecule has 1 N–H and O–H groups in total. The molecule has 6 nitrogen and oxygen atoms in total. The predicted molar refractivity (Wildman–Crippen MR) is 98.7 cm³/mol. The molecule has 2 heterocycles. The SMILES string of the molecule is N#C/C(=C/N1CCc2ccccc2C1)C(=O)NCc1ccc2c(c1)OCO2. The number of hydrogen-bond acceptors (Lipinski definition) is 5. The molecule has 0 atom stereocenters. The highest BCUT2D eigenvalue weighted by Crippen LogP contribution is 2.32. The number of nitrogens with one attached hydrogen (secondary N) is 1. The first kappa shape index (κ1) is 17.0. The molecule has 2 aromatic carbocycles. The van der Waals surface area contributed by atoms with Crippen LogP contribution in [-0.4, -0.2) is 24.1 Å². The van der Waals surface area contributed by atoms with E-state index in [1.54, 1.807) is 6.20 Å². The van der Waals surface area contributed by atoms with E-state index in [4.69, 9.17) is 9.47 Å². The molecule has 0 unspecified atom stereocenters. The second kappa shape index (κ2) is 7.42. The Balaban J connectivity index is 1.40. The molecule has 0 fully saturated rings. The normalized spacial score (nSPS) is 15.1. The molecule has 0 bridgehead atoms. The average Bonchev–Trinajstić information content (AvgIpc) is 3.18. The fourth-order valence-corrected chi connectivity index (χ4v) is 3.28. The molecule has 2 aliphatic rings. The summed E-state index contributed by atoms with van der Waals surface area (Å²) in [5.41, 5.74) is 3.55. The molecule has 0 aliphatic carbocycles. The van der Waals surface area contributed by atoms with Gasteiger partial charge in [0, 0.05) is 25.8 Å². The summed E-state index contributed by atoms with van der Waals surface area (Å²) in [5.74, 6) is 0.992. The summed E-state index contributed by atoms with van der Waals surface area (Å²) in [6.45, 7) is 2.02. The van der Waals surface area contributed by atoms with E-state index in [0.29, 0.717) is 24.6 Å². The Morgan fingerprint density at radius 3 is 2.85 bits per heavy atom. The second-order valence-corrected chi connectivity index (χ2v) is 6.51. The fraction of sp³-hybridized carbons (Fsp3) is 0.238. The number of carbonyl (C=O) groups excluding carboxylic acids is 1. The summed E-state index contributed by atoms with van der Waals surface area (Å²) in [7, 11) is 0. The van der Waals surface area contributed by atoms with Crippen molar-refractivity contribution < 1.29 is 14.3 Å². The van der Waals surface area contributed by atoms with Gasteiger partial charge in [-0.25, -0.2) is 0 Å². The van der Waals surface area contributed by atoms with Gasteiger partial charge in [0.2, 0.25) is 6.79 Å². The van der Waals surface area contributed by atoms with Crippen molar-refractivity contribution in [2.75, 3.05) is 13.3 Å². The van der Waals surface area contributed by atoms with E-state index < -0.39 is 0 Å². The van der Waals surface area contributed by atoms with Crippen LogP contribution in [0, 0.1) is 11.3 Å². The van der Waals surface area contributed by atoms with Gasteiger partial charge in [0.1, 0.15) is 11.6 Å². The summed E-state index contributed by atoms with van der Waals surface area (Å²) >= 11 is 0. The number of ether oxygens (including phenoxy) is 2. The highest BCUT2D eigenvalue weighted by atomic mass is 16.7. The highest BCUT2D eigenvalue weighted by Gasteiger charge is 2.17. The lowest BCUT2D eigenvalue weighted by Gasteiger charge is -2.27. The van der Waals surface area contributed by atoms with Crippen LogP contribution in [0.1, 0.15) is 16.7 Å². The minimum atomic E-state index is -0.381. The van der Waals surface area contributed by atoms with Crippen molar-refractivity contribution in [3.05, 3.63) is 70.9 Å². The number of nitrogens with zero attached hydrogens (tertiary/aromatic N) is 2. The minimum absolute atomic E-state index is 0.107. The minimum Gasteiger partial charge on any atom is -0.454 e. The lowest BCUT2D eigenvalue weighted by Crippen LogP contribution is -2.29. The zero-order chi connectivity index (χ0) is 18.6. The molecule has 2 aliphatic heterocycles. The van der Waals surface area contributed by atoms with Gasteiger partial charge in [-0.2, -0.15) is 5.26 Å². The molecule has 4 rings (SSSR count). The zero-order valence-corrected chi connectivity index (χ0v) is 14.8. The standard InChI is InChI=1S/C21H19N3O3/c22-10-18(13-24-8-7-16-3-1-2-4-17(16)12-24)21(25)23-11-15-5-6-19-20(9-15)27-14-26-19/h1-6,9,13H,7-8,11-12,14H2,(H,23,25)/b18-13-. The van der Waals surface area contributed by atoms with Gasteiger partial charge in [-0.1, -0.05) is 30.3 Å². The lowest BCUT2D eigenvalue weighted by atomic mass is 10.0. The maximum Gasteiger partial charge on any atom is 0.263 e. The first-order valence-corrected chi connectivity index (χ1v) is 8.82. The van der Waals surface area contributed by atoms with Crippen LogP contribution < -0.4 is 14.8 Å². The van der Waals surface area contributed by atoms with Crippen molar-refractivity contribution in [1.29, 1.82) is 5.26 Å². The number of nitriles is 1. The maximum absolute atomic E-state index is 12.4. The van der Waals surface area contributed by atoms with E-state index in [9.17, 15) is 10.1 Å². The Labute approximate surface area is 157 Å². The van der Waals surface area contributed by atoms with Crippen LogP contribution in [0.4, 0.5) is 0 Å². The van der Waals surface area contributed by atoms with E-state index in [0.717, 1.165) is 18.5 Å². The van der Waals surface area contributed by atoms with Crippen LogP contribution in [0.5, 0.6) is 11.5 Å². The van der Waals surface area contributed by atoms with Crippen molar-refractivity contribution in [3.8, 4) is 17.6 Å². The van der Waals surface area contributed by atoms with Crippen molar-refractivity contribution >= 4 is 5.91 Å². The molecule has 2 aromatic rings. The van der Waals surface area contributed by atoms with Crippen LogP contribution in [0.2, 0.25) is 0 Å². The largest absolute Gasteiger partial charge is 0.454 e. The van der Waals surface area contributed by atoms with Gasteiger partial charge in [0.25, 0.3) is 5.91 Å². The van der Waals surface area contributed by atoms with Gasteiger partial charge < -0.3 is 19.7 Å². The molecule has 0 radical (unpaired) electrons. The molecular weight excluding hydrogens is 342 g/mol. The number of carbonyl (C=O) groups is 1. The van der Waals surface area contributed by atoms with Gasteiger partial charge in [0.15, 0.2) is 11.5 Å². The smallest absolute Gasteiger partial charge is 0.263 e. The number of fused-ring (bicyclic) bond motifs is 2. The zero-order valence-electron chi connectivity index (χ0n) is 14.8. The van der Waals surface area contributed by atoms with Crippen molar-refractivity contribution in [2.24, 2.45) is 0 Å². The Kier molecular flexibility index (Phi) is 4.67. The lowest BCUT2D eigenvalue weighted by molar-refractivity contribution is -0.117. The van der Waals surface area contributed by atoms with E-state index in [2.05, 4.69) is 17.4 Å². The Hall–Kier alpha value is -3.46. The van der Waals surface area contributed by atoms with Crippen LogP contribution in [-0.2, 0) is 24.3 Å².